The highest BCUT2D eigenvalue weighted by molar-refractivity contribution is 5.78. The van der Waals surface area contributed by atoms with Crippen molar-refractivity contribution in [3.8, 4) is 5.75 Å². The second-order valence-corrected chi connectivity index (χ2v) is 11.0. The minimum absolute atomic E-state index is 0.0589. The number of ether oxygens (including phenoxy) is 4. The third kappa shape index (κ3) is 3.18. The van der Waals surface area contributed by atoms with Gasteiger partial charge in [0.2, 0.25) is 0 Å². The number of aryl methyl sites for hydroxylation is 1. The maximum Gasteiger partial charge on any atom is 0.509 e. The van der Waals surface area contributed by atoms with Crippen molar-refractivity contribution in [2.75, 3.05) is 13.6 Å². The lowest BCUT2D eigenvalue weighted by molar-refractivity contribution is -0.172. The number of likely N-dealkylation sites (N-methyl/N-ethyl adjacent to an activating group) is 1. The van der Waals surface area contributed by atoms with Gasteiger partial charge in [-0.2, -0.15) is 0 Å². The van der Waals surface area contributed by atoms with E-state index in [0.29, 0.717) is 18.6 Å². The molecule has 2 aliphatic carbocycles. The molecule has 0 aromatic heterocycles. The number of carbonyl (C=O) groups excluding carboxylic acids is 2. The van der Waals surface area contributed by atoms with E-state index in [1.807, 2.05) is 13.0 Å². The first-order valence-corrected chi connectivity index (χ1v) is 11.9. The molecule has 34 heavy (non-hydrogen) atoms. The molecule has 0 radical (unpaired) electrons. The van der Waals surface area contributed by atoms with E-state index in [2.05, 4.69) is 18.0 Å². The fourth-order valence-electron chi connectivity index (χ4n) is 6.25. The number of hydrogen-bond donors (Lipinski definition) is 1. The molecule has 1 spiro atoms. The van der Waals surface area contributed by atoms with Crippen molar-refractivity contribution in [2.45, 2.75) is 88.7 Å². The first kappa shape index (κ1) is 23.2. The summed E-state index contributed by atoms with van der Waals surface area (Å²) in [4.78, 5) is 27.1. The Morgan fingerprint density at radius 2 is 2.03 bits per heavy atom. The SMILES string of the molecule is Cc1ccc2c3c1O[C@H]1C(OC(=O)[C@H](C)OC(=O)OC(C)(C)C)=CC[C@@]4(O)[C@@H](C2)N(C)CC[C@]314. The van der Waals surface area contributed by atoms with E-state index < -0.39 is 40.9 Å². The molecular weight excluding hydrogens is 438 g/mol. The van der Waals surface area contributed by atoms with Crippen molar-refractivity contribution in [1.29, 1.82) is 0 Å². The largest absolute Gasteiger partial charge is 0.509 e. The first-order valence-electron chi connectivity index (χ1n) is 11.9. The second kappa shape index (κ2) is 7.46. The van der Waals surface area contributed by atoms with E-state index in [4.69, 9.17) is 18.9 Å². The zero-order valence-corrected chi connectivity index (χ0v) is 20.6. The van der Waals surface area contributed by atoms with Crippen LogP contribution in [0.15, 0.2) is 24.0 Å². The van der Waals surface area contributed by atoms with Crippen LogP contribution in [-0.2, 0) is 30.8 Å². The van der Waals surface area contributed by atoms with Crippen LogP contribution in [-0.4, -0.2) is 65.2 Å². The van der Waals surface area contributed by atoms with Gasteiger partial charge in [-0.05, 0) is 78.3 Å². The van der Waals surface area contributed by atoms with Crippen LogP contribution >= 0.6 is 0 Å². The van der Waals surface area contributed by atoms with Gasteiger partial charge in [-0.1, -0.05) is 12.1 Å². The molecular formula is C26H33NO7. The quantitative estimate of drug-likeness (QED) is 0.672. The van der Waals surface area contributed by atoms with Gasteiger partial charge in [0, 0.05) is 18.0 Å². The number of aliphatic hydroxyl groups is 1. The third-order valence-corrected chi connectivity index (χ3v) is 7.78. The van der Waals surface area contributed by atoms with Gasteiger partial charge in [0.1, 0.15) is 17.1 Å². The predicted molar refractivity (Wildman–Crippen MR) is 123 cm³/mol. The van der Waals surface area contributed by atoms with Gasteiger partial charge in [-0.15, -0.1) is 0 Å². The summed E-state index contributed by atoms with van der Waals surface area (Å²) < 4.78 is 22.5. The van der Waals surface area contributed by atoms with E-state index in [-0.39, 0.29) is 6.04 Å². The summed E-state index contributed by atoms with van der Waals surface area (Å²) in [6.45, 7) is 9.40. The Hall–Kier alpha value is -2.58. The van der Waals surface area contributed by atoms with Gasteiger partial charge in [0.25, 0.3) is 0 Å². The predicted octanol–water partition coefficient (Wildman–Crippen LogP) is 3.16. The maximum absolute atomic E-state index is 12.9. The highest BCUT2D eigenvalue weighted by atomic mass is 16.7. The number of carbonyl (C=O) groups is 2. The summed E-state index contributed by atoms with van der Waals surface area (Å²) in [6.07, 6.45) is 0.818. The molecule has 4 aliphatic rings. The fraction of sp³-hybridized carbons (Fsp3) is 0.615. The van der Waals surface area contributed by atoms with Gasteiger partial charge >= 0.3 is 12.1 Å². The number of benzene rings is 1. The van der Waals surface area contributed by atoms with E-state index in [1.165, 1.54) is 12.5 Å². The Bertz CT molecular complexity index is 1090. The molecule has 184 valence electrons. The van der Waals surface area contributed by atoms with Gasteiger partial charge in [-0.25, -0.2) is 9.59 Å². The summed E-state index contributed by atoms with van der Waals surface area (Å²) in [5.41, 5.74) is 0.766. The molecule has 8 heteroatoms. The van der Waals surface area contributed by atoms with Crippen molar-refractivity contribution in [3.63, 3.8) is 0 Å². The average Bonchev–Trinajstić information content (AvgIpc) is 3.09. The van der Waals surface area contributed by atoms with Crippen LogP contribution < -0.4 is 4.74 Å². The van der Waals surface area contributed by atoms with Crippen LogP contribution in [0.2, 0.25) is 0 Å². The molecule has 2 heterocycles. The molecule has 5 rings (SSSR count). The molecule has 0 unspecified atom stereocenters. The van der Waals surface area contributed by atoms with Crippen LogP contribution in [0.25, 0.3) is 0 Å². The molecule has 5 atom stereocenters. The molecule has 0 amide bonds. The molecule has 2 aliphatic heterocycles. The summed E-state index contributed by atoms with van der Waals surface area (Å²) in [5, 5.41) is 12.2. The van der Waals surface area contributed by atoms with Crippen LogP contribution in [0.1, 0.15) is 57.2 Å². The lowest BCUT2D eigenvalue weighted by Gasteiger charge is -2.61. The fourth-order valence-corrected chi connectivity index (χ4v) is 6.25. The third-order valence-electron chi connectivity index (χ3n) is 7.78. The number of rotatable bonds is 3. The maximum atomic E-state index is 12.9. The van der Waals surface area contributed by atoms with Crippen LogP contribution in [0.3, 0.4) is 0 Å². The lowest BCUT2D eigenvalue weighted by Crippen LogP contribution is -2.74. The molecule has 1 fully saturated rings. The van der Waals surface area contributed by atoms with Crippen LogP contribution in [0, 0.1) is 6.92 Å². The molecule has 1 aromatic carbocycles. The minimum Gasteiger partial charge on any atom is -0.481 e. The topological polar surface area (TPSA) is 94.5 Å². The summed E-state index contributed by atoms with van der Waals surface area (Å²) in [6, 6.07) is 4.12. The minimum atomic E-state index is -1.16. The van der Waals surface area contributed by atoms with Crippen molar-refractivity contribution in [1.82, 2.24) is 4.90 Å². The molecule has 1 N–H and O–H groups in total. The van der Waals surface area contributed by atoms with Crippen molar-refractivity contribution in [2.24, 2.45) is 0 Å². The lowest BCUT2D eigenvalue weighted by atomic mass is 9.50. The van der Waals surface area contributed by atoms with Gasteiger partial charge in [0.15, 0.2) is 12.2 Å². The zero-order valence-electron chi connectivity index (χ0n) is 20.6. The highest BCUT2D eigenvalue weighted by Gasteiger charge is 2.71. The normalized spacial score (nSPS) is 32.1. The first-order chi connectivity index (χ1) is 15.9. The number of nitrogens with zero attached hydrogens (tertiary/aromatic N) is 1. The van der Waals surface area contributed by atoms with E-state index >= 15 is 0 Å². The Balaban J connectivity index is 1.46. The van der Waals surface area contributed by atoms with Crippen molar-refractivity contribution >= 4 is 12.1 Å². The Morgan fingerprint density at radius 3 is 2.74 bits per heavy atom. The smallest absolute Gasteiger partial charge is 0.481 e. The number of piperidine rings is 1. The van der Waals surface area contributed by atoms with Gasteiger partial charge in [0.05, 0.1) is 11.0 Å². The zero-order chi connectivity index (χ0) is 24.6. The summed E-state index contributed by atoms with van der Waals surface area (Å²) >= 11 is 0. The molecule has 1 saturated heterocycles. The summed E-state index contributed by atoms with van der Waals surface area (Å²) in [7, 11) is 2.05. The number of esters is 1. The molecule has 8 nitrogen and oxygen atoms in total. The van der Waals surface area contributed by atoms with Gasteiger partial charge in [-0.3, -0.25) is 0 Å². The summed E-state index contributed by atoms with van der Waals surface area (Å²) in [5.74, 6) is 0.433. The Kier molecular flexibility index (Phi) is 5.08. The molecule has 1 aromatic rings. The Labute approximate surface area is 199 Å². The van der Waals surface area contributed by atoms with Crippen LogP contribution in [0.4, 0.5) is 4.79 Å². The van der Waals surface area contributed by atoms with Crippen molar-refractivity contribution in [3.05, 3.63) is 40.7 Å². The van der Waals surface area contributed by atoms with Crippen molar-refractivity contribution < 1.29 is 33.6 Å². The standard InChI is InChI=1S/C26H33NO7/c1-14-7-8-16-13-18-26(30)10-9-17(32-22(28)15(2)31-23(29)34-24(3,4)5)21-25(26,11-12-27(18)6)19(16)20(14)33-21/h7-9,15,18,21,30H,10-13H2,1-6H3/t15-,18+,21-,25-,26+/m0/s1. The average molecular weight is 472 g/mol. The van der Waals surface area contributed by atoms with Crippen LogP contribution in [0.5, 0.6) is 5.75 Å². The van der Waals surface area contributed by atoms with E-state index in [1.54, 1.807) is 26.8 Å². The Morgan fingerprint density at radius 1 is 1.29 bits per heavy atom. The monoisotopic (exact) mass is 471 g/mol. The number of hydrogen-bond acceptors (Lipinski definition) is 8. The molecule has 2 bridgehead atoms. The second-order valence-electron chi connectivity index (χ2n) is 11.0. The van der Waals surface area contributed by atoms with E-state index in [9.17, 15) is 14.7 Å². The highest BCUT2D eigenvalue weighted by Crippen LogP contribution is 2.64. The van der Waals surface area contributed by atoms with E-state index in [0.717, 1.165) is 29.8 Å². The molecule has 0 saturated carbocycles. The van der Waals surface area contributed by atoms with Gasteiger partial charge < -0.3 is 29.0 Å². The number of likely N-dealkylation sites (tertiary alicyclic amines) is 1.